The highest BCUT2D eigenvalue weighted by molar-refractivity contribution is 14.0. The van der Waals surface area contributed by atoms with Gasteiger partial charge in [-0.15, -0.1) is 35.3 Å². The molecule has 132 valence electrons. The van der Waals surface area contributed by atoms with Gasteiger partial charge >= 0.3 is 0 Å². The van der Waals surface area contributed by atoms with Gasteiger partial charge in [-0.3, -0.25) is 9.89 Å². The smallest absolute Gasteiger partial charge is 0.191 e. The van der Waals surface area contributed by atoms with E-state index in [1.807, 2.05) is 18.4 Å². The topological polar surface area (TPSA) is 39.7 Å². The number of nitrogens with one attached hydrogen (secondary N) is 2. The number of guanidine groups is 1. The molecule has 0 saturated carbocycles. The number of likely N-dealkylation sites (tertiary alicyclic amines) is 1. The van der Waals surface area contributed by atoms with Crippen LogP contribution in [0.25, 0.3) is 0 Å². The average molecular weight is 450 g/mol. The number of thiophene rings is 1. The Kier molecular flexibility index (Phi) is 9.46. The average Bonchev–Trinajstić information content (AvgIpc) is 3.19. The number of halogens is 1. The Hall–Kier alpha value is -0.340. The van der Waals surface area contributed by atoms with Crippen molar-refractivity contribution in [2.24, 2.45) is 10.9 Å². The summed E-state index contributed by atoms with van der Waals surface area (Å²) in [5, 5.41) is 9.18. The molecule has 2 rings (SSSR count). The highest BCUT2D eigenvalue weighted by Crippen LogP contribution is 2.27. The molecule has 1 aromatic heterocycles. The van der Waals surface area contributed by atoms with Crippen LogP contribution in [0.15, 0.2) is 22.5 Å². The fourth-order valence-corrected chi connectivity index (χ4v) is 3.57. The minimum atomic E-state index is 0. The van der Waals surface area contributed by atoms with Gasteiger partial charge in [-0.2, -0.15) is 0 Å². The Morgan fingerprint density at radius 1 is 1.30 bits per heavy atom. The first-order chi connectivity index (χ1) is 10.6. The van der Waals surface area contributed by atoms with E-state index in [4.69, 9.17) is 0 Å². The molecule has 6 heteroatoms. The molecule has 0 aliphatic carbocycles. The van der Waals surface area contributed by atoms with E-state index in [1.165, 1.54) is 30.8 Å². The first kappa shape index (κ1) is 20.7. The lowest BCUT2D eigenvalue weighted by molar-refractivity contribution is 0.248. The van der Waals surface area contributed by atoms with Gasteiger partial charge in [0, 0.05) is 24.5 Å². The molecule has 1 saturated heterocycles. The summed E-state index contributed by atoms with van der Waals surface area (Å²) in [7, 11) is 1.85. The molecule has 0 spiro atoms. The summed E-state index contributed by atoms with van der Waals surface area (Å²) in [4.78, 5) is 8.41. The van der Waals surface area contributed by atoms with Crippen LogP contribution >= 0.6 is 35.3 Å². The maximum atomic E-state index is 4.37. The van der Waals surface area contributed by atoms with Crippen molar-refractivity contribution in [1.29, 1.82) is 0 Å². The van der Waals surface area contributed by atoms with Crippen LogP contribution in [-0.4, -0.2) is 43.6 Å². The monoisotopic (exact) mass is 450 g/mol. The maximum Gasteiger partial charge on any atom is 0.191 e. The van der Waals surface area contributed by atoms with Crippen LogP contribution < -0.4 is 10.6 Å². The molecule has 1 aliphatic rings. The van der Waals surface area contributed by atoms with E-state index < -0.39 is 0 Å². The van der Waals surface area contributed by atoms with Crippen molar-refractivity contribution in [3.05, 3.63) is 22.4 Å². The molecule has 0 aromatic carbocycles. The number of nitrogens with zero attached hydrogens (tertiary/aromatic N) is 2. The molecule has 0 radical (unpaired) electrons. The molecule has 1 aliphatic heterocycles. The van der Waals surface area contributed by atoms with Crippen molar-refractivity contribution in [2.45, 2.75) is 45.7 Å². The fourth-order valence-electron chi connectivity index (χ4n) is 2.71. The van der Waals surface area contributed by atoms with Gasteiger partial charge in [0.25, 0.3) is 0 Å². The zero-order valence-corrected chi connectivity index (χ0v) is 17.9. The summed E-state index contributed by atoms with van der Waals surface area (Å²) < 4.78 is 0. The van der Waals surface area contributed by atoms with Gasteiger partial charge in [-0.1, -0.05) is 19.9 Å². The molecule has 2 atom stereocenters. The van der Waals surface area contributed by atoms with Gasteiger partial charge in [0.1, 0.15) is 0 Å². The highest BCUT2D eigenvalue weighted by atomic mass is 127. The van der Waals surface area contributed by atoms with Crippen molar-refractivity contribution in [1.82, 2.24) is 15.5 Å². The summed E-state index contributed by atoms with van der Waals surface area (Å²) in [5.74, 6) is 1.49. The Balaban J connectivity index is 0.00000264. The third-order valence-corrected chi connectivity index (χ3v) is 5.48. The molecule has 1 fully saturated rings. The lowest BCUT2D eigenvalue weighted by Crippen LogP contribution is -2.46. The number of aliphatic imine (C=N–C) groups is 1. The highest BCUT2D eigenvalue weighted by Gasteiger charge is 2.24. The molecule has 2 unspecified atom stereocenters. The minimum absolute atomic E-state index is 0. The lowest BCUT2D eigenvalue weighted by Gasteiger charge is -2.28. The number of hydrogen-bond donors (Lipinski definition) is 2. The van der Waals surface area contributed by atoms with E-state index in [1.54, 1.807) is 0 Å². The third kappa shape index (κ3) is 6.23. The maximum absolute atomic E-state index is 4.37. The molecule has 4 nitrogen and oxygen atoms in total. The van der Waals surface area contributed by atoms with E-state index in [-0.39, 0.29) is 24.0 Å². The van der Waals surface area contributed by atoms with Gasteiger partial charge in [0.15, 0.2) is 5.96 Å². The molecule has 1 aromatic rings. The van der Waals surface area contributed by atoms with Crippen LogP contribution in [0.5, 0.6) is 0 Å². The first-order valence-electron chi connectivity index (χ1n) is 8.36. The lowest BCUT2D eigenvalue weighted by atomic mass is 10.1. The standard InChI is InChI=1S/C17H30N4S.HI/c1-13(2)14(3)20-17(18-4)19-12-15(16-8-7-11-22-16)21-9-5-6-10-21;/h7-8,11,13-15H,5-6,9-10,12H2,1-4H3,(H2,18,19,20);1H. The van der Waals surface area contributed by atoms with E-state index in [0.29, 0.717) is 18.0 Å². The second kappa shape index (κ2) is 10.5. The predicted octanol–water partition coefficient (Wildman–Crippen LogP) is 3.71. The van der Waals surface area contributed by atoms with Crippen LogP contribution in [0.1, 0.15) is 44.5 Å². The molecule has 0 amide bonds. The molecular weight excluding hydrogens is 419 g/mol. The van der Waals surface area contributed by atoms with Crippen LogP contribution in [0.4, 0.5) is 0 Å². The Morgan fingerprint density at radius 3 is 2.52 bits per heavy atom. The second-order valence-corrected chi connectivity index (χ2v) is 7.38. The minimum Gasteiger partial charge on any atom is -0.354 e. The zero-order valence-electron chi connectivity index (χ0n) is 14.7. The molecule has 23 heavy (non-hydrogen) atoms. The van der Waals surface area contributed by atoms with E-state index >= 15 is 0 Å². The van der Waals surface area contributed by atoms with Crippen LogP contribution in [0.3, 0.4) is 0 Å². The summed E-state index contributed by atoms with van der Waals surface area (Å²) in [5.41, 5.74) is 0. The Labute approximate surface area is 162 Å². The van der Waals surface area contributed by atoms with Crippen molar-refractivity contribution in [3.63, 3.8) is 0 Å². The first-order valence-corrected chi connectivity index (χ1v) is 9.24. The third-order valence-electron chi connectivity index (χ3n) is 4.50. The summed E-state index contributed by atoms with van der Waals surface area (Å²) >= 11 is 1.85. The predicted molar refractivity (Wildman–Crippen MR) is 112 cm³/mol. The fraction of sp³-hybridized carbons (Fsp3) is 0.706. The summed E-state index contributed by atoms with van der Waals surface area (Å²) in [6.45, 7) is 9.98. The Morgan fingerprint density at radius 2 is 2.00 bits per heavy atom. The van der Waals surface area contributed by atoms with Gasteiger partial charge < -0.3 is 10.6 Å². The van der Waals surface area contributed by atoms with Crippen LogP contribution in [0, 0.1) is 5.92 Å². The van der Waals surface area contributed by atoms with Gasteiger partial charge in [0.05, 0.1) is 6.04 Å². The molecule has 2 heterocycles. The SMILES string of the molecule is CN=C(NCC(c1cccs1)N1CCCC1)NC(C)C(C)C.I. The molecule has 2 N–H and O–H groups in total. The number of rotatable bonds is 6. The normalized spacial score (nSPS) is 18.6. The van der Waals surface area contributed by atoms with Gasteiger partial charge in [-0.25, -0.2) is 0 Å². The second-order valence-electron chi connectivity index (χ2n) is 6.40. The van der Waals surface area contributed by atoms with E-state index in [2.05, 4.69) is 58.8 Å². The van der Waals surface area contributed by atoms with E-state index in [0.717, 1.165) is 12.5 Å². The molecular formula is C17H31IN4S. The van der Waals surface area contributed by atoms with Crippen molar-refractivity contribution in [2.75, 3.05) is 26.7 Å². The van der Waals surface area contributed by atoms with Crippen molar-refractivity contribution in [3.8, 4) is 0 Å². The quantitative estimate of drug-likeness (QED) is 0.395. The van der Waals surface area contributed by atoms with Gasteiger partial charge in [0.2, 0.25) is 0 Å². The Bertz CT molecular complexity index is 455. The van der Waals surface area contributed by atoms with Crippen molar-refractivity contribution < 1.29 is 0 Å². The van der Waals surface area contributed by atoms with Gasteiger partial charge in [-0.05, 0) is 50.2 Å². The largest absolute Gasteiger partial charge is 0.354 e. The van der Waals surface area contributed by atoms with E-state index in [9.17, 15) is 0 Å². The summed E-state index contributed by atoms with van der Waals surface area (Å²) in [6, 6.07) is 5.27. The zero-order chi connectivity index (χ0) is 15.9. The molecule has 0 bridgehead atoms. The van der Waals surface area contributed by atoms with Crippen LogP contribution in [-0.2, 0) is 0 Å². The van der Waals surface area contributed by atoms with Crippen LogP contribution in [0.2, 0.25) is 0 Å². The van der Waals surface area contributed by atoms with Crippen molar-refractivity contribution >= 4 is 41.3 Å². The summed E-state index contributed by atoms with van der Waals surface area (Å²) in [6.07, 6.45) is 2.64. The number of hydrogen-bond acceptors (Lipinski definition) is 3.